The predicted molar refractivity (Wildman–Crippen MR) is 119 cm³/mol. The first-order chi connectivity index (χ1) is 13.7. The monoisotopic (exact) mass is 517 g/mol. The zero-order valence-corrected chi connectivity index (χ0v) is 19.2. The summed E-state index contributed by atoms with van der Waals surface area (Å²) < 4.78 is 1.03. The molecule has 1 amide bonds. The lowest BCUT2D eigenvalue weighted by Crippen LogP contribution is -2.60. The molecule has 2 bridgehead atoms. The van der Waals surface area contributed by atoms with Gasteiger partial charge in [0.2, 0.25) is 3.79 Å². The summed E-state index contributed by atoms with van der Waals surface area (Å²) in [6, 6.07) is 12.4. The molecule has 1 saturated heterocycles. The number of benzene rings is 1. The van der Waals surface area contributed by atoms with E-state index in [1.807, 2.05) is 15.5 Å². The minimum atomic E-state index is -1.70. The van der Waals surface area contributed by atoms with Crippen LogP contribution in [0.2, 0.25) is 0 Å². The molecule has 2 aliphatic rings. The number of nitrogens with zero attached hydrogens (tertiary/aromatic N) is 2. The average Bonchev–Trinajstić information content (AvgIpc) is 2.66. The van der Waals surface area contributed by atoms with Gasteiger partial charge in [0.1, 0.15) is 6.17 Å². The molecular weight excluding hydrogens is 501 g/mol. The Morgan fingerprint density at radius 2 is 1.83 bits per heavy atom. The molecule has 2 aromatic rings. The number of amides is 1. The van der Waals surface area contributed by atoms with Crippen molar-refractivity contribution in [1.82, 2.24) is 14.8 Å². The summed E-state index contributed by atoms with van der Waals surface area (Å²) in [6.07, 6.45) is 0.198. The number of pyridine rings is 1. The van der Waals surface area contributed by atoms with Crippen molar-refractivity contribution in [2.45, 2.75) is 28.8 Å². The van der Waals surface area contributed by atoms with Gasteiger partial charge < -0.3 is 9.88 Å². The molecule has 29 heavy (non-hydrogen) atoms. The number of hydrogen-bond donors (Lipinski definition) is 1. The summed E-state index contributed by atoms with van der Waals surface area (Å²) in [4.78, 5) is 27.0. The number of hydrogen-bond acceptors (Lipinski definition) is 3. The second-order valence-corrected chi connectivity index (χ2v) is 10.9. The zero-order valence-electron chi connectivity index (χ0n) is 15.3. The summed E-state index contributed by atoms with van der Waals surface area (Å²) in [7, 11) is 0. The molecular formula is C20H19BrCl3N3O2. The second-order valence-electron chi connectivity index (χ2n) is 7.58. The third kappa shape index (κ3) is 4.52. The Labute approximate surface area is 192 Å². The number of likely N-dealkylation sites (tertiary alicyclic amines) is 1. The van der Waals surface area contributed by atoms with Gasteiger partial charge in [-0.2, -0.15) is 0 Å². The molecule has 4 rings (SSSR count). The molecule has 2 aliphatic heterocycles. The predicted octanol–water partition coefficient (Wildman–Crippen LogP) is 4.16. The van der Waals surface area contributed by atoms with Gasteiger partial charge in [0.15, 0.2) is 0 Å². The van der Waals surface area contributed by atoms with Crippen molar-refractivity contribution in [2.24, 2.45) is 5.92 Å². The SMILES string of the molecule is O=C(N[C@H](N1C[C@H]2C[C@H](C1)c1cccc(=O)n1C2)C(Cl)(Cl)Cl)c1ccc(Br)cc1. The Balaban J connectivity index is 1.58. The van der Waals surface area contributed by atoms with Crippen LogP contribution >= 0.6 is 50.7 Å². The third-order valence-electron chi connectivity index (χ3n) is 5.56. The van der Waals surface area contributed by atoms with Crippen LogP contribution in [0.25, 0.3) is 0 Å². The van der Waals surface area contributed by atoms with E-state index in [0.717, 1.165) is 16.6 Å². The van der Waals surface area contributed by atoms with Gasteiger partial charge in [0.25, 0.3) is 11.5 Å². The van der Waals surface area contributed by atoms with Gasteiger partial charge in [-0.1, -0.05) is 56.8 Å². The Hall–Kier alpha value is -1.05. The fourth-order valence-electron chi connectivity index (χ4n) is 4.33. The molecule has 0 radical (unpaired) electrons. The van der Waals surface area contributed by atoms with Gasteiger partial charge in [-0.05, 0) is 42.7 Å². The van der Waals surface area contributed by atoms with E-state index >= 15 is 0 Å². The highest BCUT2D eigenvalue weighted by atomic mass is 79.9. The van der Waals surface area contributed by atoms with Crippen molar-refractivity contribution in [1.29, 1.82) is 0 Å². The van der Waals surface area contributed by atoms with Gasteiger partial charge in [-0.15, -0.1) is 0 Å². The maximum Gasteiger partial charge on any atom is 0.252 e. The Kier molecular flexibility index (Phi) is 6.02. The third-order valence-corrected chi connectivity index (χ3v) is 6.71. The van der Waals surface area contributed by atoms with Crippen molar-refractivity contribution >= 4 is 56.6 Å². The van der Waals surface area contributed by atoms with Crippen molar-refractivity contribution in [3.63, 3.8) is 0 Å². The topological polar surface area (TPSA) is 54.3 Å². The van der Waals surface area contributed by atoms with Gasteiger partial charge in [0, 0.05) is 47.3 Å². The quantitative estimate of drug-likeness (QED) is 0.620. The second kappa shape index (κ2) is 8.23. The normalized spacial score (nSPS) is 22.6. The van der Waals surface area contributed by atoms with Crippen molar-refractivity contribution in [2.75, 3.05) is 13.1 Å². The van der Waals surface area contributed by atoms with Crippen LogP contribution in [0.15, 0.2) is 51.7 Å². The Morgan fingerprint density at radius 3 is 2.52 bits per heavy atom. The lowest BCUT2D eigenvalue weighted by Gasteiger charge is -2.47. The van der Waals surface area contributed by atoms with Crippen LogP contribution in [0.4, 0.5) is 0 Å². The molecule has 3 atom stereocenters. The number of nitrogens with one attached hydrogen (secondary N) is 1. The van der Waals surface area contributed by atoms with E-state index < -0.39 is 9.96 Å². The van der Waals surface area contributed by atoms with Crippen molar-refractivity contribution in [3.8, 4) is 0 Å². The lowest BCUT2D eigenvalue weighted by atomic mass is 9.83. The van der Waals surface area contributed by atoms with E-state index in [2.05, 4.69) is 21.2 Å². The number of aromatic nitrogens is 1. The van der Waals surface area contributed by atoms with Crippen LogP contribution in [0.1, 0.15) is 28.4 Å². The number of alkyl halides is 3. The molecule has 3 heterocycles. The van der Waals surface area contributed by atoms with E-state index in [1.165, 1.54) is 0 Å². The van der Waals surface area contributed by atoms with Crippen LogP contribution in [-0.4, -0.2) is 38.4 Å². The first kappa shape index (κ1) is 21.2. The van der Waals surface area contributed by atoms with Crippen molar-refractivity contribution < 1.29 is 4.79 Å². The zero-order chi connectivity index (χ0) is 20.8. The molecule has 9 heteroatoms. The van der Waals surface area contributed by atoms with Crippen LogP contribution < -0.4 is 10.9 Å². The number of rotatable bonds is 3. The minimum Gasteiger partial charge on any atom is -0.332 e. The van der Waals surface area contributed by atoms with Crippen LogP contribution in [-0.2, 0) is 6.54 Å². The van der Waals surface area contributed by atoms with Crippen LogP contribution in [0.5, 0.6) is 0 Å². The molecule has 1 aromatic carbocycles. The van der Waals surface area contributed by atoms with Crippen molar-refractivity contribution in [3.05, 3.63) is 68.5 Å². The average molecular weight is 520 g/mol. The van der Waals surface area contributed by atoms with Gasteiger partial charge in [-0.25, -0.2) is 0 Å². The smallest absolute Gasteiger partial charge is 0.252 e. The highest BCUT2D eigenvalue weighted by molar-refractivity contribution is 9.10. The van der Waals surface area contributed by atoms with Gasteiger partial charge in [0.05, 0.1) is 0 Å². The molecule has 5 nitrogen and oxygen atoms in total. The van der Waals surface area contributed by atoms with E-state index in [-0.39, 0.29) is 23.3 Å². The standard InChI is InChI=1S/C20H19BrCl3N3O2/c21-15-6-4-13(5-7-15)18(29)25-19(20(22,23)24)26-9-12-8-14(11-26)16-2-1-3-17(28)27(16)10-12/h1-7,12,14,19H,8-11H2,(H,25,29)/t12-,14-,19-/m1/s1. The van der Waals surface area contributed by atoms with Gasteiger partial charge in [-0.3, -0.25) is 14.5 Å². The first-order valence-electron chi connectivity index (χ1n) is 9.29. The summed E-state index contributed by atoms with van der Waals surface area (Å²) >= 11 is 22.2. The van der Waals surface area contributed by atoms with E-state index in [0.29, 0.717) is 25.2 Å². The molecule has 1 fully saturated rings. The number of fused-ring (bicyclic) bond motifs is 4. The summed E-state index contributed by atoms with van der Waals surface area (Å²) in [5, 5.41) is 2.89. The molecule has 0 aliphatic carbocycles. The van der Waals surface area contributed by atoms with Crippen LogP contribution in [0, 0.1) is 5.92 Å². The Bertz CT molecular complexity index is 974. The maximum atomic E-state index is 12.8. The first-order valence-corrected chi connectivity index (χ1v) is 11.2. The van der Waals surface area contributed by atoms with E-state index in [1.54, 1.807) is 36.4 Å². The summed E-state index contributed by atoms with van der Waals surface area (Å²) in [5.41, 5.74) is 1.51. The molecule has 0 spiro atoms. The molecule has 0 saturated carbocycles. The van der Waals surface area contributed by atoms with E-state index in [9.17, 15) is 9.59 Å². The van der Waals surface area contributed by atoms with Gasteiger partial charge >= 0.3 is 0 Å². The number of carbonyl (C=O) groups excluding carboxylic acids is 1. The number of carbonyl (C=O) groups is 1. The van der Waals surface area contributed by atoms with E-state index in [4.69, 9.17) is 34.8 Å². The molecule has 1 aromatic heterocycles. The maximum absolute atomic E-state index is 12.8. The lowest BCUT2D eigenvalue weighted by molar-refractivity contribution is 0.0586. The molecule has 0 unspecified atom stereocenters. The molecule has 154 valence electrons. The number of piperidine rings is 1. The summed E-state index contributed by atoms with van der Waals surface area (Å²) in [5.74, 6) is 0.0952. The largest absolute Gasteiger partial charge is 0.332 e. The fraction of sp³-hybridized carbons (Fsp3) is 0.400. The minimum absolute atomic E-state index is 0.0205. The Morgan fingerprint density at radius 1 is 1.10 bits per heavy atom. The summed E-state index contributed by atoms with van der Waals surface area (Å²) in [6.45, 7) is 1.87. The highest BCUT2D eigenvalue weighted by Gasteiger charge is 2.44. The molecule has 1 N–H and O–H groups in total. The highest BCUT2D eigenvalue weighted by Crippen LogP contribution is 2.40. The fourth-order valence-corrected chi connectivity index (χ4v) is 5.18. The number of halogens is 4. The van der Waals surface area contributed by atoms with Crippen LogP contribution in [0.3, 0.4) is 0 Å².